The fourth-order valence-corrected chi connectivity index (χ4v) is 3.14. The van der Waals surface area contributed by atoms with Gasteiger partial charge in [-0.15, -0.1) is 0 Å². The zero-order valence-electron chi connectivity index (χ0n) is 17.0. The van der Waals surface area contributed by atoms with E-state index in [9.17, 15) is 8.42 Å². The summed E-state index contributed by atoms with van der Waals surface area (Å²) in [6.07, 6.45) is 2.07. The van der Waals surface area contributed by atoms with Gasteiger partial charge >= 0.3 is 0 Å². The van der Waals surface area contributed by atoms with Gasteiger partial charge in [-0.1, -0.05) is 23.7 Å². The van der Waals surface area contributed by atoms with E-state index in [2.05, 4.69) is 15.6 Å². The van der Waals surface area contributed by atoms with E-state index in [1.54, 1.807) is 0 Å². The van der Waals surface area contributed by atoms with Crippen LogP contribution in [0.25, 0.3) is 0 Å². The van der Waals surface area contributed by atoms with Gasteiger partial charge < -0.3 is 15.4 Å². The van der Waals surface area contributed by atoms with E-state index < -0.39 is 9.84 Å². The van der Waals surface area contributed by atoms with E-state index >= 15 is 0 Å². The lowest BCUT2D eigenvalue weighted by atomic mass is 10.1. The highest BCUT2D eigenvalue weighted by molar-refractivity contribution is 7.90. The van der Waals surface area contributed by atoms with Crippen molar-refractivity contribution in [3.05, 3.63) is 59.1 Å². The predicted octanol–water partition coefficient (Wildman–Crippen LogP) is 3.77. The van der Waals surface area contributed by atoms with Crippen LogP contribution in [-0.2, 0) is 16.3 Å². The third-order valence-corrected chi connectivity index (χ3v) is 4.98. The average molecular weight is 438 g/mol. The van der Waals surface area contributed by atoms with Crippen molar-refractivity contribution in [2.75, 3.05) is 30.4 Å². The first-order chi connectivity index (χ1) is 13.7. The topological polar surface area (TPSA) is 79.8 Å². The Balaban J connectivity index is 2.00. The minimum atomic E-state index is -3.07. The highest BCUT2D eigenvalue weighted by Crippen LogP contribution is 2.17. The molecule has 0 saturated carbocycles. The van der Waals surface area contributed by atoms with Crippen molar-refractivity contribution in [3.63, 3.8) is 0 Å². The Morgan fingerprint density at radius 1 is 1.17 bits per heavy atom. The second-order valence-electron chi connectivity index (χ2n) is 6.98. The third kappa shape index (κ3) is 9.67. The van der Waals surface area contributed by atoms with E-state index in [0.29, 0.717) is 17.5 Å². The number of guanidine groups is 1. The van der Waals surface area contributed by atoms with Crippen LogP contribution >= 0.6 is 11.6 Å². The highest BCUT2D eigenvalue weighted by Gasteiger charge is 2.05. The average Bonchev–Trinajstić information content (AvgIpc) is 2.62. The molecule has 0 aliphatic carbocycles. The van der Waals surface area contributed by atoms with Crippen LogP contribution in [-0.4, -0.2) is 45.6 Å². The van der Waals surface area contributed by atoms with E-state index in [0.717, 1.165) is 23.4 Å². The molecule has 0 aromatic heterocycles. The molecule has 0 unspecified atom stereocenters. The number of sulfone groups is 1. The zero-order chi connectivity index (χ0) is 21.3. The molecule has 0 heterocycles. The molecule has 6 nitrogen and oxygen atoms in total. The maximum absolute atomic E-state index is 11.4. The van der Waals surface area contributed by atoms with Crippen LogP contribution in [0.1, 0.15) is 19.4 Å². The third-order valence-electron chi connectivity index (χ3n) is 3.82. The zero-order valence-corrected chi connectivity index (χ0v) is 18.6. The second-order valence-corrected chi connectivity index (χ2v) is 9.68. The Kier molecular flexibility index (Phi) is 8.79. The molecule has 0 aliphatic heterocycles. The summed E-state index contributed by atoms with van der Waals surface area (Å²) >= 11 is 6.03. The van der Waals surface area contributed by atoms with Gasteiger partial charge in [0.25, 0.3) is 0 Å². The number of benzene rings is 2. The number of hydrogen-bond acceptors (Lipinski definition) is 4. The van der Waals surface area contributed by atoms with Crippen LogP contribution in [0.3, 0.4) is 0 Å². The second kappa shape index (κ2) is 11.1. The summed E-state index contributed by atoms with van der Waals surface area (Å²) < 4.78 is 28.4. The Bertz CT molecular complexity index is 913. The number of nitrogens with one attached hydrogen (secondary N) is 2. The molecule has 29 heavy (non-hydrogen) atoms. The Hall–Kier alpha value is -2.25. The molecule has 2 N–H and O–H groups in total. The van der Waals surface area contributed by atoms with Crippen LogP contribution in [0.2, 0.25) is 5.02 Å². The Morgan fingerprint density at radius 3 is 2.52 bits per heavy atom. The van der Waals surface area contributed by atoms with Gasteiger partial charge in [-0.25, -0.2) is 8.42 Å². The Labute approximate surface area is 178 Å². The molecule has 2 aromatic carbocycles. The van der Waals surface area contributed by atoms with E-state index in [1.807, 2.05) is 62.4 Å². The Morgan fingerprint density at radius 2 is 1.90 bits per heavy atom. The largest absolute Gasteiger partial charge is 0.491 e. The van der Waals surface area contributed by atoms with Crippen molar-refractivity contribution in [2.45, 2.75) is 26.4 Å². The molecule has 8 heteroatoms. The molecule has 0 spiro atoms. The lowest BCUT2D eigenvalue weighted by Crippen LogP contribution is -2.33. The molecule has 0 aliphatic rings. The van der Waals surface area contributed by atoms with Crippen molar-refractivity contribution >= 4 is 33.1 Å². The number of hydrogen-bond donors (Lipinski definition) is 2. The number of anilines is 1. The molecule has 0 fully saturated rings. The molecular formula is C21H28ClN3O3S. The maximum atomic E-state index is 11.4. The summed E-state index contributed by atoms with van der Waals surface area (Å²) in [5.74, 6) is 1.30. The molecule has 2 rings (SSSR count). The van der Waals surface area contributed by atoms with Crippen LogP contribution in [0.15, 0.2) is 53.5 Å². The molecule has 0 radical (unpaired) electrons. The number of halogens is 1. The quantitative estimate of drug-likeness (QED) is 0.461. The summed E-state index contributed by atoms with van der Waals surface area (Å²) in [7, 11) is -3.07. The van der Waals surface area contributed by atoms with Gasteiger partial charge in [-0.2, -0.15) is 0 Å². The van der Waals surface area contributed by atoms with Gasteiger partial charge in [-0.05, 0) is 62.2 Å². The van der Waals surface area contributed by atoms with E-state index in [4.69, 9.17) is 16.3 Å². The van der Waals surface area contributed by atoms with Gasteiger partial charge in [-0.3, -0.25) is 4.99 Å². The number of nitrogens with zero attached hydrogens (tertiary/aromatic N) is 1. The fraction of sp³-hybridized carbons (Fsp3) is 0.381. The fourth-order valence-electron chi connectivity index (χ4n) is 2.51. The summed E-state index contributed by atoms with van der Waals surface area (Å²) in [5, 5.41) is 7.15. The van der Waals surface area contributed by atoms with Crippen molar-refractivity contribution in [2.24, 2.45) is 4.99 Å². The van der Waals surface area contributed by atoms with Gasteiger partial charge in [0.05, 0.1) is 18.4 Å². The molecular weight excluding hydrogens is 410 g/mol. The lowest BCUT2D eigenvalue weighted by Gasteiger charge is -2.14. The number of aliphatic imine (C=N–C) groups is 1. The van der Waals surface area contributed by atoms with Crippen molar-refractivity contribution in [3.8, 4) is 5.75 Å². The van der Waals surface area contributed by atoms with Crippen LogP contribution in [0, 0.1) is 0 Å². The van der Waals surface area contributed by atoms with Gasteiger partial charge in [0.1, 0.15) is 15.6 Å². The number of rotatable bonds is 9. The molecule has 158 valence electrons. The van der Waals surface area contributed by atoms with E-state index in [1.165, 1.54) is 6.26 Å². The normalized spacial score (nSPS) is 12.1. The monoisotopic (exact) mass is 437 g/mol. The van der Waals surface area contributed by atoms with Crippen LogP contribution < -0.4 is 15.4 Å². The SMILES string of the molecule is CC(C)Oc1ccc(NC(=NCCS(C)(=O)=O)NCCc2cccc(Cl)c2)cc1. The maximum Gasteiger partial charge on any atom is 0.195 e. The highest BCUT2D eigenvalue weighted by atomic mass is 35.5. The lowest BCUT2D eigenvalue weighted by molar-refractivity contribution is 0.242. The van der Waals surface area contributed by atoms with Gasteiger partial charge in [0, 0.05) is 23.5 Å². The number of ether oxygens (including phenoxy) is 1. The summed E-state index contributed by atoms with van der Waals surface area (Å²) in [6, 6.07) is 15.2. The smallest absolute Gasteiger partial charge is 0.195 e. The first-order valence-electron chi connectivity index (χ1n) is 9.45. The summed E-state index contributed by atoms with van der Waals surface area (Å²) in [6.45, 7) is 4.75. The predicted molar refractivity (Wildman–Crippen MR) is 121 cm³/mol. The van der Waals surface area contributed by atoms with Gasteiger partial charge in [0.15, 0.2) is 5.96 Å². The van der Waals surface area contributed by atoms with Crippen molar-refractivity contribution < 1.29 is 13.2 Å². The van der Waals surface area contributed by atoms with Gasteiger partial charge in [0.2, 0.25) is 0 Å². The van der Waals surface area contributed by atoms with Crippen molar-refractivity contribution in [1.29, 1.82) is 0 Å². The van der Waals surface area contributed by atoms with Crippen LogP contribution in [0.5, 0.6) is 5.75 Å². The van der Waals surface area contributed by atoms with E-state index in [-0.39, 0.29) is 18.4 Å². The molecule has 2 aromatic rings. The van der Waals surface area contributed by atoms with Crippen LogP contribution in [0.4, 0.5) is 5.69 Å². The molecule has 0 amide bonds. The minimum absolute atomic E-state index is 0.00464. The standard InChI is InChI=1S/C21H28ClN3O3S/c1-16(2)28-20-9-7-19(8-10-20)25-21(24-13-14-29(3,26)27)23-12-11-17-5-4-6-18(22)15-17/h4-10,15-16H,11-14H2,1-3H3,(H2,23,24,25). The summed E-state index contributed by atoms with van der Waals surface area (Å²) in [5.41, 5.74) is 1.94. The summed E-state index contributed by atoms with van der Waals surface area (Å²) in [4.78, 5) is 4.38. The molecule has 0 saturated heterocycles. The molecule has 0 atom stereocenters. The first kappa shape index (κ1) is 23.0. The minimum Gasteiger partial charge on any atom is -0.491 e. The van der Waals surface area contributed by atoms with Crippen molar-refractivity contribution in [1.82, 2.24) is 5.32 Å². The molecule has 0 bridgehead atoms. The first-order valence-corrected chi connectivity index (χ1v) is 11.9.